The molecule has 6 nitrogen and oxygen atoms in total. The zero-order chi connectivity index (χ0) is 27.0. The fraction of sp³-hybridized carbons (Fsp3) is 0.935. The second kappa shape index (κ2) is 11.5. The Morgan fingerprint density at radius 1 is 1.03 bits per heavy atom. The van der Waals surface area contributed by atoms with E-state index >= 15 is 0 Å². The van der Waals surface area contributed by atoms with Gasteiger partial charge in [0.25, 0.3) is 0 Å². The maximum atomic E-state index is 12.4. The van der Waals surface area contributed by atoms with Gasteiger partial charge in [-0.2, -0.15) is 0 Å². The molecule has 4 saturated carbocycles. The average molecular weight is 521 g/mol. The van der Waals surface area contributed by atoms with E-state index in [9.17, 15) is 14.7 Å². The highest BCUT2D eigenvalue weighted by molar-refractivity contribution is 5.72. The lowest BCUT2D eigenvalue weighted by atomic mass is 9.43. The van der Waals surface area contributed by atoms with Crippen LogP contribution < -0.4 is 0 Å². The predicted molar refractivity (Wildman–Crippen MR) is 142 cm³/mol. The van der Waals surface area contributed by atoms with Gasteiger partial charge in [0, 0.05) is 6.42 Å². The second-order valence-electron chi connectivity index (χ2n) is 13.6. The van der Waals surface area contributed by atoms with E-state index in [1.807, 2.05) is 13.8 Å². The number of aliphatic hydroxyl groups is 2. The smallest absolute Gasteiger partial charge is 0.308 e. The van der Waals surface area contributed by atoms with Crippen molar-refractivity contribution >= 4 is 11.9 Å². The van der Waals surface area contributed by atoms with Gasteiger partial charge in [0.2, 0.25) is 0 Å². The Hall–Kier alpha value is -1.14. The van der Waals surface area contributed by atoms with Crippen LogP contribution in [-0.2, 0) is 19.1 Å². The van der Waals surface area contributed by atoms with Gasteiger partial charge < -0.3 is 19.7 Å². The third-order valence-corrected chi connectivity index (χ3v) is 11.9. The fourth-order valence-corrected chi connectivity index (χ4v) is 9.48. The molecule has 11 atom stereocenters. The summed E-state index contributed by atoms with van der Waals surface area (Å²) in [5.74, 6) is 2.75. The number of carbonyl (C=O) groups is 2. The molecule has 4 rings (SSSR count). The van der Waals surface area contributed by atoms with E-state index in [2.05, 4.69) is 20.8 Å². The molecule has 0 heterocycles. The minimum absolute atomic E-state index is 0.0286. The van der Waals surface area contributed by atoms with Crippen molar-refractivity contribution in [3.8, 4) is 0 Å². The highest BCUT2D eigenvalue weighted by Gasteiger charge is 2.63. The van der Waals surface area contributed by atoms with Crippen molar-refractivity contribution in [3.63, 3.8) is 0 Å². The molecule has 0 aromatic carbocycles. The molecule has 0 spiro atoms. The van der Waals surface area contributed by atoms with Gasteiger partial charge in [-0.3, -0.25) is 9.59 Å². The van der Waals surface area contributed by atoms with E-state index in [-0.39, 0.29) is 54.1 Å². The summed E-state index contributed by atoms with van der Waals surface area (Å²) in [6.45, 7) is 11.0. The molecular formula is C31H52O6. The minimum Gasteiger partial charge on any atom is -0.463 e. The van der Waals surface area contributed by atoms with Crippen LogP contribution in [0.5, 0.6) is 0 Å². The third kappa shape index (κ3) is 5.35. The first-order valence-electron chi connectivity index (χ1n) is 15.2. The van der Waals surface area contributed by atoms with Crippen LogP contribution in [0.1, 0.15) is 105 Å². The Labute approximate surface area is 224 Å². The number of hydrogen-bond donors (Lipinski definition) is 2. The summed E-state index contributed by atoms with van der Waals surface area (Å²) in [7, 11) is 0. The minimum atomic E-state index is -0.313. The van der Waals surface area contributed by atoms with Crippen LogP contribution in [0.15, 0.2) is 0 Å². The number of rotatable bonds is 9. The lowest BCUT2D eigenvalue weighted by Gasteiger charge is -2.62. The van der Waals surface area contributed by atoms with Gasteiger partial charge in [0.15, 0.2) is 0 Å². The summed E-state index contributed by atoms with van der Waals surface area (Å²) in [4.78, 5) is 24.5. The zero-order valence-corrected chi connectivity index (χ0v) is 23.9. The Morgan fingerprint density at radius 3 is 2.49 bits per heavy atom. The number of esters is 2. The molecule has 0 saturated heterocycles. The van der Waals surface area contributed by atoms with Gasteiger partial charge in [-0.05, 0) is 111 Å². The van der Waals surface area contributed by atoms with Crippen LogP contribution >= 0.6 is 0 Å². The number of carbonyl (C=O) groups excluding carboxylic acids is 2. The molecule has 0 radical (unpaired) electrons. The van der Waals surface area contributed by atoms with E-state index in [0.29, 0.717) is 41.9 Å². The zero-order valence-electron chi connectivity index (χ0n) is 23.9. The van der Waals surface area contributed by atoms with Crippen LogP contribution in [0.2, 0.25) is 0 Å². The number of fused-ring (bicyclic) bond motifs is 5. The maximum Gasteiger partial charge on any atom is 0.308 e. The van der Waals surface area contributed by atoms with Crippen molar-refractivity contribution in [1.82, 2.24) is 0 Å². The number of ether oxygens (including phenoxy) is 2. The SMILES string of the molecule is CCC(C)C(=O)OC1CCC2(C)C(CCC3C2CC(O)C2(C)C(C(C)CCC(=O)OCCO)CCC32)C1. The molecule has 0 bridgehead atoms. The molecule has 0 aliphatic heterocycles. The molecule has 11 unspecified atom stereocenters. The van der Waals surface area contributed by atoms with Gasteiger partial charge in [0.05, 0.1) is 18.6 Å². The molecular weight excluding hydrogens is 468 g/mol. The summed E-state index contributed by atoms with van der Waals surface area (Å²) in [6, 6.07) is 0. The molecule has 212 valence electrons. The molecule has 37 heavy (non-hydrogen) atoms. The predicted octanol–water partition coefficient (Wildman–Crippen LogP) is 5.53. The quantitative estimate of drug-likeness (QED) is 0.389. The fourth-order valence-electron chi connectivity index (χ4n) is 9.48. The topological polar surface area (TPSA) is 93.1 Å². The van der Waals surface area contributed by atoms with Crippen molar-refractivity contribution < 1.29 is 29.3 Å². The first-order valence-corrected chi connectivity index (χ1v) is 15.2. The van der Waals surface area contributed by atoms with Gasteiger partial charge in [-0.25, -0.2) is 0 Å². The Morgan fingerprint density at radius 2 is 1.78 bits per heavy atom. The molecule has 0 amide bonds. The van der Waals surface area contributed by atoms with Gasteiger partial charge in [-0.1, -0.05) is 34.6 Å². The van der Waals surface area contributed by atoms with E-state index in [1.54, 1.807) is 0 Å². The monoisotopic (exact) mass is 520 g/mol. The van der Waals surface area contributed by atoms with E-state index < -0.39 is 0 Å². The van der Waals surface area contributed by atoms with Crippen LogP contribution in [0, 0.1) is 52.3 Å². The Balaban J connectivity index is 1.42. The summed E-state index contributed by atoms with van der Waals surface area (Å²) in [5.41, 5.74) is 0.118. The average Bonchev–Trinajstić information content (AvgIpc) is 3.25. The first kappa shape index (κ1) is 28.9. The van der Waals surface area contributed by atoms with E-state index in [0.717, 1.165) is 44.9 Å². The first-order chi connectivity index (χ1) is 17.6. The molecule has 0 aromatic rings. The van der Waals surface area contributed by atoms with E-state index in [4.69, 9.17) is 14.6 Å². The second-order valence-corrected chi connectivity index (χ2v) is 13.6. The maximum absolute atomic E-state index is 12.4. The lowest BCUT2D eigenvalue weighted by molar-refractivity contribution is -0.183. The van der Waals surface area contributed by atoms with Crippen molar-refractivity contribution in [1.29, 1.82) is 0 Å². The standard InChI is InChI=1S/C31H52O6/c1-6-19(2)29(35)37-22-13-14-30(4)21(17-22)8-9-23-25-11-10-24(31(25,5)27(33)18-26(23)30)20(3)7-12-28(34)36-16-15-32/h19-27,32-33H,6-18H2,1-5H3. The number of aliphatic hydroxyl groups excluding tert-OH is 2. The summed E-state index contributed by atoms with van der Waals surface area (Å²) in [6.07, 6.45) is 10.3. The van der Waals surface area contributed by atoms with Gasteiger partial charge >= 0.3 is 11.9 Å². The molecule has 4 fully saturated rings. The molecule has 2 N–H and O–H groups in total. The number of hydrogen-bond acceptors (Lipinski definition) is 6. The van der Waals surface area contributed by atoms with Crippen LogP contribution in [0.4, 0.5) is 0 Å². The molecule has 0 aromatic heterocycles. The molecule has 4 aliphatic rings. The third-order valence-electron chi connectivity index (χ3n) is 11.9. The van der Waals surface area contributed by atoms with E-state index in [1.165, 1.54) is 19.3 Å². The van der Waals surface area contributed by atoms with Crippen LogP contribution in [0.25, 0.3) is 0 Å². The van der Waals surface area contributed by atoms with Crippen LogP contribution in [0.3, 0.4) is 0 Å². The highest BCUT2D eigenvalue weighted by Crippen LogP contribution is 2.68. The van der Waals surface area contributed by atoms with Crippen molar-refractivity contribution in [2.24, 2.45) is 52.3 Å². The summed E-state index contributed by atoms with van der Waals surface area (Å²) < 4.78 is 11.0. The van der Waals surface area contributed by atoms with Crippen molar-refractivity contribution in [2.45, 2.75) is 117 Å². The van der Waals surface area contributed by atoms with Gasteiger partial charge in [-0.15, -0.1) is 0 Å². The van der Waals surface area contributed by atoms with Gasteiger partial charge in [0.1, 0.15) is 12.7 Å². The van der Waals surface area contributed by atoms with Crippen LogP contribution in [-0.4, -0.2) is 47.6 Å². The molecule has 4 aliphatic carbocycles. The Bertz CT molecular complexity index is 814. The molecule has 6 heteroatoms. The lowest BCUT2D eigenvalue weighted by Crippen LogP contribution is -2.59. The Kier molecular flexibility index (Phi) is 9.00. The normalized spacial score (nSPS) is 42.6. The summed E-state index contributed by atoms with van der Waals surface area (Å²) in [5, 5.41) is 20.7. The van der Waals surface area contributed by atoms with Crippen molar-refractivity contribution in [3.05, 3.63) is 0 Å². The largest absolute Gasteiger partial charge is 0.463 e. The van der Waals surface area contributed by atoms with Crippen molar-refractivity contribution in [2.75, 3.05) is 13.2 Å². The summed E-state index contributed by atoms with van der Waals surface area (Å²) >= 11 is 0. The highest BCUT2D eigenvalue weighted by atomic mass is 16.5.